The van der Waals surface area contributed by atoms with E-state index in [1.54, 1.807) is 14.2 Å². The van der Waals surface area contributed by atoms with Crippen LogP contribution in [0.4, 0.5) is 0 Å². The Kier molecular flexibility index (Phi) is 7.58. The molecule has 120 valence electrons. The van der Waals surface area contributed by atoms with Crippen LogP contribution in [0.1, 0.15) is 37.4 Å². The number of rotatable bonds is 4. The summed E-state index contributed by atoms with van der Waals surface area (Å²) in [5, 5.41) is 2.43. The maximum absolute atomic E-state index is 5.42. The Morgan fingerprint density at radius 1 is 1.29 bits per heavy atom. The minimum Gasteiger partial charge on any atom is -1.00 e. The van der Waals surface area contributed by atoms with E-state index in [1.807, 2.05) is 6.08 Å². The molecule has 1 aromatic rings. The number of fused-ring (bicyclic) bond motifs is 1. The second-order valence-electron chi connectivity index (χ2n) is 5.87. The fraction of sp³-hybridized carbons (Fsp3) is 0.500. The van der Waals surface area contributed by atoms with Crippen molar-refractivity contribution in [2.75, 3.05) is 14.2 Å². The lowest BCUT2D eigenvalue weighted by Crippen LogP contribution is -3.00. The highest BCUT2D eigenvalue weighted by atomic mass is 35.5. The molecule has 2 N–H and O–H groups in total. The summed E-state index contributed by atoms with van der Waals surface area (Å²) < 4.78 is 10.8. The SMILES string of the molecule is C=CCC1[NH2+]C(C)(C)Cc2cc(OC)c(OC)cc21.Cl.[Cl-]. The maximum Gasteiger partial charge on any atom is 0.161 e. The van der Waals surface area contributed by atoms with E-state index in [0.717, 1.165) is 24.3 Å². The summed E-state index contributed by atoms with van der Waals surface area (Å²) in [5.74, 6) is 1.62. The zero-order valence-corrected chi connectivity index (χ0v) is 14.7. The molecule has 0 fully saturated rings. The first kappa shape index (κ1) is 20.1. The minimum atomic E-state index is 0. The molecular formula is C16H25Cl2NO2. The third-order valence-corrected chi connectivity index (χ3v) is 3.76. The molecule has 0 bridgehead atoms. The number of hydrogen-bond donors (Lipinski definition) is 1. The lowest BCUT2D eigenvalue weighted by molar-refractivity contribution is -0.760. The van der Waals surface area contributed by atoms with Crippen molar-refractivity contribution in [2.24, 2.45) is 0 Å². The lowest BCUT2D eigenvalue weighted by Gasteiger charge is -2.35. The minimum absolute atomic E-state index is 0. The number of hydrogen-bond acceptors (Lipinski definition) is 2. The molecule has 0 amide bonds. The van der Waals surface area contributed by atoms with Crippen LogP contribution < -0.4 is 27.2 Å². The van der Waals surface area contributed by atoms with Gasteiger partial charge in [-0.3, -0.25) is 0 Å². The van der Waals surface area contributed by atoms with Crippen LogP contribution in [-0.2, 0) is 6.42 Å². The van der Waals surface area contributed by atoms with Crippen LogP contribution in [0.25, 0.3) is 0 Å². The summed E-state index contributed by atoms with van der Waals surface area (Å²) in [6.07, 6.45) is 3.99. The highest BCUT2D eigenvalue weighted by molar-refractivity contribution is 5.85. The van der Waals surface area contributed by atoms with Gasteiger partial charge in [-0.1, -0.05) is 6.08 Å². The van der Waals surface area contributed by atoms with Gasteiger partial charge in [-0.25, -0.2) is 0 Å². The zero-order valence-electron chi connectivity index (χ0n) is 13.1. The van der Waals surface area contributed by atoms with Crippen LogP contribution in [0.15, 0.2) is 24.8 Å². The molecule has 1 unspecified atom stereocenters. The van der Waals surface area contributed by atoms with Gasteiger partial charge in [-0.05, 0) is 31.5 Å². The predicted molar refractivity (Wildman–Crippen MR) is 84.1 cm³/mol. The maximum atomic E-state index is 5.42. The van der Waals surface area contributed by atoms with Crippen molar-refractivity contribution in [1.82, 2.24) is 0 Å². The van der Waals surface area contributed by atoms with E-state index in [2.05, 4.69) is 37.9 Å². The predicted octanol–water partition coefficient (Wildman–Crippen LogP) is -0.355. The molecule has 0 spiro atoms. The molecule has 1 aliphatic rings. The van der Waals surface area contributed by atoms with E-state index in [0.29, 0.717) is 6.04 Å². The summed E-state index contributed by atoms with van der Waals surface area (Å²) in [7, 11) is 3.37. The quantitative estimate of drug-likeness (QED) is 0.764. The van der Waals surface area contributed by atoms with Gasteiger partial charge in [0.05, 0.1) is 19.8 Å². The second kappa shape index (κ2) is 7.92. The van der Waals surface area contributed by atoms with Gasteiger partial charge in [0.25, 0.3) is 0 Å². The number of ether oxygens (including phenoxy) is 2. The van der Waals surface area contributed by atoms with Crippen LogP contribution in [0.2, 0.25) is 0 Å². The van der Waals surface area contributed by atoms with Crippen molar-refractivity contribution < 1.29 is 27.2 Å². The van der Waals surface area contributed by atoms with Gasteiger partial charge in [0.1, 0.15) is 6.04 Å². The molecule has 1 aliphatic heterocycles. The Bertz CT molecular complexity index is 489. The molecular weight excluding hydrogens is 309 g/mol. The molecule has 21 heavy (non-hydrogen) atoms. The molecule has 1 aromatic carbocycles. The van der Waals surface area contributed by atoms with Crippen molar-refractivity contribution in [1.29, 1.82) is 0 Å². The van der Waals surface area contributed by atoms with Crippen molar-refractivity contribution >= 4 is 12.4 Å². The van der Waals surface area contributed by atoms with E-state index in [-0.39, 0.29) is 30.4 Å². The summed E-state index contributed by atoms with van der Waals surface area (Å²) in [6, 6.07) is 4.66. The van der Waals surface area contributed by atoms with Crippen LogP contribution in [0.5, 0.6) is 11.5 Å². The lowest BCUT2D eigenvalue weighted by atomic mass is 9.82. The summed E-state index contributed by atoms with van der Waals surface area (Å²) >= 11 is 0. The van der Waals surface area contributed by atoms with Crippen molar-refractivity contribution in [3.8, 4) is 11.5 Å². The van der Waals surface area contributed by atoms with Gasteiger partial charge in [-0.15, -0.1) is 19.0 Å². The topological polar surface area (TPSA) is 35.1 Å². The molecule has 2 rings (SSSR count). The molecule has 1 atom stereocenters. The van der Waals surface area contributed by atoms with E-state index in [1.165, 1.54) is 11.1 Å². The van der Waals surface area contributed by atoms with Gasteiger partial charge >= 0.3 is 0 Å². The average Bonchev–Trinajstić information content (AvgIpc) is 2.36. The number of benzene rings is 1. The summed E-state index contributed by atoms with van der Waals surface area (Å²) in [5.41, 5.74) is 2.91. The van der Waals surface area contributed by atoms with Gasteiger partial charge in [0.15, 0.2) is 11.5 Å². The summed E-state index contributed by atoms with van der Waals surface area (Å²) in [4.78, 5) is 0. The van der Waals surface area contributed by atoms with Gasteiger partial charge in [-0.2, -0.15) is 0 Å². The first-order valence-electron chi connectivity index (χ1n) is 6.72. The smallest absolute Gasteiger partial charge is 0.161 e. The van der Waals surface area contributed by atoms with Crippen LogP contribution in [0, 0.1) is 0 Å². The van der Waals surface area contributed by atoms with E-state index in [9.17, 15) is 0 Å². The van der Waals surface area contributed by atoms with Gasteiger partial charge in [0.2, 0.25) is 0 Å². The van der Waals surface area contributed by atoms with Crippen LogP contribution in [-0.4, -0.2) is 19.8 Å². The fourth-order valence-electron chi connectivity index (χ4n) is 2.99. The Hall–Kier alpha value is -0.900. The molecule has 0 aliphatic carbocycles. The average molecular weight is 334 g/mol. The van der Waals surface area contributed by atoms with E-state index >= 15 is 0 Å². The monoisotopic (exact) mass is 333 g/mol. The molecule has 0 saturated carbocycles. The molecule has 0 radical (unpaired) electrons. The Morgan fingerprint density at radius 3 is 2.38 bits per heavy atom. The van der Waals surface area contributed by atoms with Crippen LogP contribution >= 0.6 is 12.4 Å². The molecule has 0 aromatic heterocycles. The standard InChI is InChI=1S/C16H23NO2.2ClH/c1-6-7-13-12-9-15(19-5)14(18-4)8-11(12)10-16(2,3)17-13;;/h6,8-9,13,17H,1,7,10H2,2-5H3;2*1H. The van der Waals surface area contributed by atoms with Crippen molar-refractivity contribution in [3.05, 3.63) is 35.9 Å². The number of nitrogens with two attached hydrogens (primary N) is 1. The highest BCUT2D eigenvalue weighted by Gasteiger charge is 2.35. The Balaban J connectivity index is 0.00000200. The van der Waals surface area contributed by atoms with Crippen molar-refractivity contribution in [3.63, 3.8) is 0 Å². The van der Waals surface area contributed by atoms with E-state index in [4.69, 9.17) is 9.47 Å². The van der Waals surface area contributed by atoms with Gasteiger partial charge in [0, 0.05) is 18.4 Å². The molecule has 3 nitrogen and oxygen atoms in total. The first-order chi connectivity index (χ1) is 9.00. The highest BCUT2D eigenvalue weighted by Crippen LogP contribution is 2.36. The number of methoxy groups -OCH3 is 2. The van der Waals surface area contributed by atoms with Crippen LogP contribution in [0.3, 0.4) is 0 Å². The fourth-order valence-corrected chi connectivity index (χ4v) is 2.99. The van der Waals surface area contributed by atoms with Crippen molar-refractivity contribution in [2.45, 2.75) is 38.3 Å². The normalized spacial score (nSPS) is 18.6. The van der Waals surface area contributed by atoms with Gasteiger partial charge < -0.3 is 27.2 Å². The molecule has 1 heterocycles. The zero-order chi connectivity index (χ0) is 14.0. The summed E-state index contributed by atoms with van der Waals surface area (Å²) in [6.45, 7) is 8.44. The third-order valence-electron chi connectivity index (χ3n) is 3.76. The Labute approximate surface area is 139 Å². The number of halogens is 2. The largest absolute Gasteiger partial charge is 1.00 e. The first-order valence-corrected chi connectivity index (χ1v) is 6.72. The van der Waals surface area contributed by atoms with E-state index < -0.39 is 0 Å². The molecule has 5 heteroatoms. The second-order valence-corrected chi connectivity index (χ2v) is 5.87. The third kappa shape index (κ3) is 4.29. The number of quaternary nitrogens is 1. The molecule has 0 saturated heterocycles. The Morgan fingerprint density at radius 2 is 1.86 bits per heavy atom.